The first-order valence-corrected chi connectivity index (χ1v) is 13.9. The van der Waals surface area contributed by atoms with E-state index in [1.54, 1.807) is 14.7 Å². The van der Waals surface area contributed by atoms with Crippen LogP contribution in [0.25, 0.3) is 0 Å². The standard InChI is InChI=1S/C20H31Cl2N3O4S2/c1-20(2,30(23)27)13-16(15-11-17(21)18(22)12-19(15)26)14-5-9-25(10-6-14)31(28,29)24-7-3-4-8-24/h11-12,14,16,26H,3-10,13,23H2,1-2H3. The highest BCUT2D eigenvalue weighted by molar-refractivity contribution is 7.90. The molecule has 0 spiro atoms. The van der Waals surface area contributed by atoms with Gasteiger partial charge in [0.25, 0.3) is 10.2 Å². The molecule has 0 aromatic heterocycles. The van der Waals surface area contributed by atoms with E-state index in [4.69, 9.17) is 28.3 Å². The van der Waals surface area contributed by atoms with Crippen molar-refractivity contribution in [3.63, 3.8) is 0 Å². The highest BCUT2D eigenvalue weighted by Crippen LogP contribution is 2.45. The highest BCUT2D eigenvalue weighted by atomic mass is 35.5. The average molecular weight is 513 g/mol. The van der Waals surface area contributed by atoms with Crippen molar-refractivity contribution < 1.29 is 18.1 Å². The zero-order valence-corrected chi connectivity index (χ0v) is 21.0. The van der Waals surface area contributed by atoms with Crippen LogP contribution < -0.4 is 5.14 Å². The summed E-state index contributed by atoms with van der Waals surface area (Å²) in [5.41, 5.74) is 0.633. The van der Waals surface area contributed by atoms with Crippen LogP contribution in [0.4, 0.5) is 0 Å². The molecular formula is C20H31Cl2N3O4S2. The first-order valence-electron chi connectivity index (χ1n) is 10.5. The zero-order valence-electron chi connectivity index (χ0n) is 17.9. The van der Waals surface area contributed by atoms with E-state index in [1.807, 2.05) is 13.8 Å². The van der Waals surface area contributed by atoms with E-state index in [0.29, 0.717) is 56.0 Å². The van der Waals surface area contributed by atoms with E-state index < -0.39 is 26.3 Å². The fraction of sp³-hybridized carbons (Fsp3) is 0.700. The number of hydrogen-bond acceptors (Lipinski definition) is 5. The lowest BCUT2D eigenvalue weighted by Crippen LogP contribution is -2.47. The highest BCUT2D eigenvalue weighted by Gasteiger charge is 2.41. The average Bonchev–Trinajstić information content (AvgIpc) is 3.25. The van der Waals surface area contributed by atoms with Gasteiger partial charge in [0.2, 0.25) is 0 Å². The summed E-state index contributed by atoms with van der Waals surface area (Å²) in [6.45, 7) is 5.65. The molecule has 2 saturated heterocycles. The summed E-state index contributed by atoms with van der Waals surface area (Å²) in [6.07, 6.45) is 3.53. The molecule has 2 fully saturated rings. The van der Waals surface area contributed by atoms with Crippen LogP contribution in [0.3, 0.4) is 0 Å². The van der Waals surface area contributed by atoms with Gasteiger partial charge in [0.1, 0.15) is 10.5 Å². The lowest BCUT2D eigenvalue weighted by atomic mass is 9.75. The number of hydrogen-bond donors (Lipinski definition) is 2. The molecule has 2 aliphatic heterocycles. The molecule has 1 aromatic rings. The third-order valence-electron chi connectivity index (χ3n) is 6.51. The molecule has 7 nitrogen and oxygen atoms in total. The van der Waals surface area contributed by atoms with Gasteiger partial charge in [-0.25, -0.2) is 0 Å². The maximum Gasteiger partial charge on any atom is 0.281 e. The molecular weight excluding hydrogens is 481 g/mol. The van der Waals surface area contributed by atoms with Gasteiger partial charge in [-0.3, -0.25) is 0 Å². The van der Waals surface area contributed by atoms with Crippen LogP contribution in [0, 0.1) is 5.92 Å². The van der Waals surface area contributed by atoms with Crippen molar-refractivity contribution >= 4 is 44.8 Å². The first-order chi connectivity index (χ1) is 14.4. The van der Waals surface area contributed by atoms with Gasteiger partial charge in [0.05, 0.1) is 10.0 Å². The second kappa shape index (κ2) is 9.93. The Morgan fingerprint density at radius 3 is 2.23 bits per heavy atom. The fourth-order valence-electron chi connectivity index (χ4n) is 4.58. The van der Waals surface area contributed by atoms with Crippen molar-refractivity contribution in [1.29, 1.82) is 0 Å². The monoisotopic (exact) mass is 511 g/mol. The summed E-state index contributed by atoms with van der Waals surface area (Å²) in [5.74, 6) is -0.0741. The van der Waals surface area contributed by atoms with E-state index >= 15 is 0 Å². The number of halogens is 2. The molecule has 2 atom stereocenters. The minimum Gasteiger partial charge on any atom is -0.598 e. The predicted molar refractivity (Wildman–Crippen MR) is 126 cm³/mol. The summed E-state index contributed by atoms with van der Waals surface area (Å²) in [5, 5.41) is 16.9. The maximum atomic E-state index is 12.9. The third-order valence-corrected chi connectivity index (χ3v) is 10.5. The van der Waals surface area contributed by atoms with Crippen LogP contribution in [0.1, 0.15) is 57.4 Å². The van der Waals surface area contributed by atoms with E-state index in [1.165, 1.54) is 6.07 Å². The molecule has 0 bridgehead atoms. The number of benzene rings is 1. The minimum atomic E-state index is -3.43. The van der Waals surface area contributed by atoms with Crippen molar-refractivity contribution in [2.75, 3.05) is 26.2 Å². The normalized spacial score (nSPS) is 22.0. The van der Waals surface area contributed by atoms with Crippen LogP contribution >= 0.6 is 23.2 Å². The Balaban J connectivity index is 1.83. The molecule has 2 unspecified atom stereocenters. The molecule has 1 aromatic carbocycles. The Kier molecular flexibility index (Phi) is 8.12. The Morgan fingerprint density at radius 2 is 1.68 bits per heavy atom. The quantitative estimate of drug-likeness (QED) is 0.543. The van der Waals surface area contributed by atoms with Crippen LogP contribution in [0.2, 0.25) is 10.0 Å². The SMILES string of the molecule is CC(C)(CC(c1cc(Cl)c(Cl)cc1O)C1CCN(S(=O)(=O)N2CCCC2)CC1)[S+](N)[O-]. The predicted octanol–water partition coefficient (Wildman–Crippen LogP) is 3.63. The molecule has 0 aliphatic carbocycles. The Hall–Kier alpha value is -0.260. The van der Waals surface area contributed by atoms with E-state index in [0.717, 1.165) is 12.8 Å². The number of rotatable bonds is 7. The van der Waals surface area contributed by atoms with Crippen LogP contribution in [-0.4, -0.2) is 57.6 Å². The maximum absolute atomic E-state index is 12.9. The van der Waals surface area contributed by atoms with E-state index in [9.17, 15) is 18.1 Å². The number of nitrogens with two attached hydrogens (primary N) is 1. The molecule has 2 aliphatic rings. The van der Waals surface area contributed by atoms with E-state index in [-0.39, 0.29) is 22.6 Å². The lowest BCUT2D eigenvalue weighted by Gasteiger charge is -2.39. The summed E-state index contributed by atoms with van der Waals surface area (Å²) in [7, 11) is -3.43. The van der Waals surface area contributed by atoms with Gasteiger partial charge in [-0.05, 0) is 63.0 Å². The number of phenolic OH excluding ortho intramolecular Hbond substituents is 1. The zero-order chi connectivity index (χ0) is 23.0. The van der Waals surface area contributed by atoms with Gasteiger partial charge in [-0.2, -0.15) is 22.2 Å². The number of aromatic hydroxyl groups is 1. The van der Waals surface area contributed by atoms with Crippen molar-refractivity contribution in [1.82, 2.24) is 8.61 Å². The van der Waals surface area contributed by atoms with Gasteiger partial charge in [-0.15, -0.1) is 0 Å². The van der Waals surface area contributed by atoms with Gasteiger partial charge in [0.15, 0.2) is 0 Å². The summed E-state index contributed by atoms with van der Waals surface area (Å²) in [6, 6.07) is 3.08. The number of phenols is 1. The Morgan fingerprint density at radius 1 is 1.16 bits per heavy atom. The van der Waals surface area contributed by atoms with Crippen molar-refractivity contribution in [2.24, 2.45) is 11.1 Å². The molecule has 176 valence electrons. The molecule has 3 N–H and O–H groups in total. The summed E-state index contributed by atoms with van der Waals surface area (Å²) in [4.78, 5) is 0. The Bertz CT molecular complexity index is 885. The Labute approximate surface area is 198 Å². The second-order valence-corrected chi connectivity index (χ2v) is 13.5. The molecule has 0 radical (unpaired) electrons. The molecule has 0 amide bonds. The molecule has 0 saturated carbocycles. The van der Waals surface area contributed by atoms with E-state index in [2.05, 4.69) is 0 Å². The number of nitrogens with zero attached hydrogens (tertiary/aromatic N) is 2. The first kappa shape index (κ1) is 25.4. The third kappa shape index (κ3) is 5.63. The van der Waals surface area contributed by atoms with Crippen LogP contribution in [-0.2, 0) is 21.6 Å². The topological polar surface area (TPSA) is 110 Å². The lowest BCUT2D eigenvalue weighted by molar-refractivity contribution is 0.220. The largest absolute Gasteiger partial charge is 0.598 e. The molecule has 3 rings (SSSR count). The van der Waals surface area contributed by atoms with Crippen LogP contribution in [0.15, 0.2) is 12.1 Å². The van der Waals surface area contributed by atoms with Crippen molar-refractivity contribution in [2.45, 2.75) is 56.6 Å². The van der Waals surface area contributed by atoms with Gasteiger partial charge in [-0.1, -0.05) is 23.2 Å². The van der Waals surface area contributed by atoms with Crippen molar-refractivity contribution in [3.8, 4) is 5.75 Å². The molecule has 11 heteroatoms. The fourth-order valence-corrected chi connectivity index (χ4v) is 6.97. The minimum absolute atomic E-state index is 0.0325. The second-order valence-electron chi connectivity index (χ2n) is 9.04. The van der Waals surface area contributed by atoms with Crippen molar-refractivity contribution in [3.05, 3.63) is 27.7 Å². The summed E-state index contributed by atoms with van der Waals surface area (Å²) < 4.78 is 40.4. The van der Waals surface area contributed by atoms with Gasteiger partial charge in [0, 0.05) is 50.0 Å². The molecule has 2 heterocycles. The molecule has 31 heavy (non-hydrogen) atoms. The smallest absolute Gasteiger partial charge is 0.281 e. The number of piperidine rings is 1. The summed E-state index contributed by atoms with van der Waals surface area (Å²) >= 11 is 10.7. The van der Waals surface area contributed by atoms with Gasteiger partial charge >= 0.3 is 0 Å². The van der Waals surface area contributed by atoms with Crippen LogP contribution in [0.5, 0.6) is 5.75 Å². The van der Waals surface area contributed by atoms with Gasteiger partial charge < -0.3 is 9.66 Å².